The van der Waals surface area contributed by atoms with Crippen LogP contribution in [0.5, 0.6) is 11.5 Å². The Morgan fingerprint density at radius 2 is 1.68 bits per heavy atom. The van der Waals surface area contributed by atoms with E-state index in [2.05, 4.69) is 0 Å². The molecule has 1 aliphatic rings. The summed E-state index contributed by atoms with van der Waals surface area (Å²) in [5.74, 6) is -0.816. The lowest BCUT2D eigenvalue weighted by molar-refractivity contribution is -0.138. The summed E-state index contributed by atoms with van der Waals surface area (Å²) in [6.45, 7) is 1.93. The number of carbonyl (C=O) groups excluding carboxylic acids is 1. The van der Waals surface area contributed by atoms with Crippen LogP contribution in [0.25, 0.3) is 11.8 Å². The molecule has 6 rings (SSSR count). The van der Waals surface area contributed by atoms with E-state index in [0.717, 1.165) is 16.9 Å². The van der Waals surface area contributed by atoms with Gasteiger partial charge in [0.05, 0.1) is 40.6 Å². The van der Waals surface area contributed by atoms with E-state index in [9.17, 15) is 18.4 Å². The Kier molecular flexibility index (Phi) is 9.33. The summed E-state index contributed by atoms with van der Waals surface area (Å²) in [4.78, 5) is 32.9. The van der Waals surface area contributed by atoms with Gasteiger partial charge in [-0.1, -0.05) is 77.5 Å². The van der Waals surface area contributed by atoms with E-state index in [4.69, 9.17) is 30.8 Å². The third kappa shape index (κ3) is 6.61. The Hall–Kier alpha value is -5.06. The minimum atomic E-state index is -0.941. The Bertz CT molecular complexity index is 2160. The fourth-order valence-electron chi connectivity index (χ4n) is 5.25. The van der Waals surface area contributed by atoms with Crippen LogP contribution in [0.3, 0.4) is 0 Å². The summed E-state index contributed by atoms with van der Waals surface area (Å²) in [7, 11) is 1.47. The first-order valence-electron chi connectivity index (χ1n) is 14.6. The van der Waals surface area contributed by atoms with E-state index in [-0.39, 0.29) is 29.6 Å². The number of benzene rings is 4. The highest BCUT2D eigenvalue weighted by atomic mass is 35.5. The average molecular weight is 673 g/mol. The SMILES string of the molecule is CCOC(=O)C1=C(c2ccccc2)N=c2s/c(=C\c3cc(Cl)c(OCc4ccc(F)cc4)c(OC)c3)c(=O)n2[C@H]1c1ccc(F)cc1. The molecule has 0 N–H and O–H groups in total. The molecule has 2 heterocycles. The average Bonchev–Trinajstić information content (AvgIpc) is 3.38. The second-order valence-electron chi connectivity index (χ2n) is 10.4. The Labute approximate surface area is 277 Å². The molecule has 1 atom stereocenters. The molecule has 0 saturated heterocycles. The summed E-state index contributed by atoms with van der Waals surface area (Å²) >= 11 is 7.76. The number of hydrogen-bond acceptors (Lipinski definition) is 7. The number of halogens is 3. The van der Waals surface area contributed by atoms with E-state index >= 15 is 0 Å². The van der Waals surface area contributed by atoms with E-state index in [1.54, 1.807) is 49.4 Å². The number of rotatable bonds is 9. The Morgan fingerprint density at radius 1 is 1.00 bits per heavy atom. The van der Waals surface area contributed by atoms with Crippen LogP contribution < -0.4 is 24.4 Å². The zero-order chi connectivity index (χ0) is 33.1. The first kappa shape index (κ1) is 31.9. The number of hydrogen-bond donors (Lipinski definition) is 0. The molecule has 5 aromatic rings. The highest BCUT2D eigenvalue weighted by Gasteiger charge is 2.35. The number of thiazole rings is 1. The highest BCUT2D eigenvalue weighted by Crippen LogP contribution is 2.38. The zero-order valence-corrected chi connectivity index (χ0v) is 26.8. The van der Waals surface area contributed by atoms with Crippen molar-refractivity contribution in [3.63, 3.8) is 0 Å². The van der Waals surface area contributed by atoms with Crippen LogP contribution >= 0.6 is 22.9 Å². The monoisotopic (exact) mass is 672 g/mol. The highest BCUT2D eigenvalue weighted by molar-refractivity contribution is 7.07. The van der Waals surface area contributed by atoms with E-state index in [1.165, 1.54) is 35.9 Å². The molecule has 0 unspecified atom stereocenters. The van der Waals surface area contributed by atoms with Crippen molar-refractivity contribution in [3.05, 3.63) is 155 Å². The fourth-order valence-corrected chi connectivity index (χ4v) is 6.53. The standard InChI is InChI=1S/C36H27ClF2N2O5S/c1-3-45-35(43)30-31(23-7-5-4-6-8-23)40-36-41(32(30)24-11-15-26(39)16-12-24)34(42)29(47-36)19-22-17-27(37)33(28(18-22)44-2)46-20-21-9-13-25(38)14-10-21/h4-19,32H,3,20H2,1-2H3/b29-19-/t32-/m0/s1. The molecule has 0 spiro atoms. The quantitative estimate of drug-likeness (QED) is 0.168. The maximum absolute atomic E-state index is 14.1. The third-order valence-corrected chi connectivity index (χ3v) is 8.67. The van der Waals surface area contributed by atoms with Crippen LogP contribution in [-0.2, 0) is 16.1 Å². The van der Waals surface area contributed by atoms with E-state index in [0.29, 0.717) is 43.2 Å². The number of fused-ring (bicyclic) bond motifs is 1. The van der Waals surface area contributed by atoms with Gasteiger partial charge >= 0.3 is 5.97 Å². The van der Waals surface area contributed by atoms with Crippen molar-refractivity contribution in [1.29, 1.82) is 0 Å². The first-order chi connectivity index (χ1) is 22.8. The minimum Gasteiger partial charge on any atom is -0.493 e. The molecule has 47 heavy (non-hydrogen) atoms. The summed E-state index contributed by atoms with van der Waals surface area (Å²) in [5.41, 5.74) is 2.57. The summed E-state index contributed by atoms with van der Waals surface area (Å²) in [6.07, 6.45) is 1.65. The Balaban J connectivity index is 1.48. The number of ether oxygens (including phenoxy) is 3. The van der Waals surface area contributed by atoms with Gasteiger partial charge < -0.3 is 14.2 Å². The molecular formula is C36H27ClF2N2O5S. The van der Waals surface area contributed by atoms with Gasteiger partial charge in [0.2, 0.25) is 0 Å². The van der Waals surface area contributed by atoms with Crippen molar-refractivity contribution in [1.82, 2.24) is 4.57 Å². The number of nitrogens with zero attached hydrogens (tertiary/aromatic N) is 2. The first-order valence-corrected chi connectivity index (χ1v) is 15.8. The lowest BCUT2D eigenvalue weighted by atomic mass is 9.93. The fraction of sp³-hybridized carbons (Fsp3) is 0.139. The van der Waals surface area contributed by atoms with Crippen molar-refractivity contribution in [2.75, 3.05) is 13.7 Å². The van der Waals surface area contributed by atoms with Gasteiger partial charge in [-0.3, -0.25) is 9.36 Å². The van der Waals surface area contributed by atoms with Crippen LogP contribution in [0.2, 0.25) is 5.02 Å². The van der Waals surface area contributed by atoms with Gasteiger partial charge in [-0.2, -0.15) is 0 Å². The zero-order valence-electron chi connectivity index (χ0n) is 25.2. The van der Waals surface area contributed by atoms with Crippen molar-refractivity contribution >= 4 is 40.7 Å². The van der Waals surface area contributed by atoms with Crippen LogP contribution in [0.1, 0.15) is 35.2 Å². The molecule has 0 fully saturated rings. The molecule has 1 aromatic heterocycles. The molecule has 7 nitrogen and oxygen atoms in total. The van der Waals surface area contributed by atoms with Gasteiger partial charge in [0.25, 0.3) is 5.56 Å². The number of aromatic nitrogens is 1. The smallest absolute Gasteiger partial charge is 0.338 e. The van der Waals surface area contributed by atoms with Gasteiger partial charge in [0.15, 0.2) is 16.3 Å². The predicted molar refractivity (Wildman–Crippen MR) is 176 cm³/mol. The molecule has 238 valence electrons. The van der Waals surface area contributed by atoms with Gasteiger partial charge in [-0.05, 0) is 66.1 Å². The number of methoxy groups -OCH3 is 1. The molecule has 4 aromatic carbocycles. The Morgan fingerprint density at radius 3 is 2.34 bits per heavy atom. The predicted octanol–water partition coefficient (Wildman–Crippen LogP) is 6.45. The van der Waals surface area contributed by atoms with E-state index in [1.807, 2.05) is 30.3 Å². The van der Waals surface area contributed by atoms with Crippen molar-refractivity contribution in [2.45, 2.75) is 19.6 Å². The van der Waals surface area contributed by atoms with Crippen LogP contribution in [-0.4, -0.2) is 24.3 Å². The lowest BCUT2D eigenvalue weighted by Gasteiger charge is -2.25. The maximum Gasteiger partial charge on any atom is 0.338 e. The normalized spacial score (nSPS) is 14.4. The maximum atomic E-state index is 14.1. The third-order valence-electron chi connectivity index (χ3n) is 7.41. The lowest BCUT2D eigenvalue weighted by Crippen LogP contribution is -2.40. The van der Waals surface area contributed by atoms with Gasteiger partial charge in [0, 0.05) is 5.56 Å². The van der Waals surface area contributed by atoms with Crippen molar-refractivity contribution in [3.8, 4) is 11.5 Å². The molecule has 11 heteroatoms. The van der Waals surface area contributed by atoms with Gasteiger partial charge in [0.1, 0.15) is 18.2 Å². The second-order valence-corrected chi connectivity index (χ2v) is 11.8. The largest absolute Gasteiger partial charge is 0.493 e. The second kappa shape index (κ2) is 13.7. The number of carbonyl (C=O) groups is 1. The summed E-state index contributed by atoms with van der Waals surface area (Å²) in [5, 5.41) is 0.241. The summed E-state index contributed by atoms with van der Waals surface area (Å²) in [6, 6.07) is 23.1. The molecule has 0 amide bonds. The molecule has 0 saturated carbocycles. The molecular weight excluding hydrogens is 646 g/mol. The number of esters is 1. The molecule has 1 aliphatic heterocycles. The van der Waals surface area contributed by atoms with Gasteiger partial charge in [-0.25, -0.2) is 18.6 Å². The van der Waals surface area contributed by atoms with Gasteiger partial charge in [-0.15, -0.1) is 0 Å². The molecule has 0 aliphatic carbocycles. The minimum absolute atomic E-state index is 0.108. The summed E-state index contributed by atoms with van der Waals surface area (Å²) < 4.78 is 46.0. The van der Waals surface area contributed by atoms with Crippen LogP contribution in [0, 0.1) is 11.6 Å². The van der Waals surface area contributed by atoms with Crippen molar-refractivity contribution < 1.29 is 27.8 Å². The van der Waals surface area contributed by atoms with Crippen LogP contribution in [0.15, 0.2) is 106 Å². The topological polar surface area (TPSA) is 79.1 Å². The van der Waals surface area contributed by atoms with Crippen LogP contribution in [0.4, 0.5) is 8.78 Å². The van der Waals surface area contributed by atoms with Crippen molar-refractivity contribution in [2.24, 2.45) is 4.99 Å². The molecule has 0 radical (unpaired) electrons. The van der Waals surface area contributed by atoms with E-state index < -0.39 is 23.4 Å². The molecule has 0 bridgehead atoms.